The monoisotopic (exact) mass is 517 g/mol. The van der Waals surface area contributed by atoms with Crippen LogP contribution in [0.3, 0.4) is 0 Å². The number of ether oxygens (including phenoxy) is 1. The van der Waals surface area contributed by atoms with E-state index in [1.165, 1.54) is 43.1 Å². The Morgan fingerprint density at radius 1 is 1.18 bits per heavy atom. The lowest BCUT2D eigenvalue weighted by Crippen LogP contribution is -2.44. The molecule has 0 aliphatic carbocycles. The Labute approximate surface area is 200 Å². The summed E-state index contributed by atoms with van der Waals surface area (Å²) in [6.07, 6.45) is 1.82. The molecule has 1 saturated heterocycles. The lowest BCUT2D eigenvalue weighted by atomic mass is 10.2. The summed E-state index contributed by atoms with van der Waals surface area (Å²) in [5.41, 5.74) is 0.426. The van der Waals surface area contributed by atoms with Gasteiger partial charge in [0.25, 0.3) is 5.91 Å². The van der Waals surface area contributed by atoms with Crippen molar-refractivity contribution < 1.29 is 36.0 Å². The molecule has 0 bridgehead atoms. The molecule has 0 saturated carbocycles. The summed E-state index contributed by atoms with van der Waals surface area (Å²) in [6, 6.07) is 4.99. The van der Waals surface area contributed by atoms with Crippen LogP contribution in [0.2, 0.25) is 0 Å². The fraction of sp³-hybridized carbons (Fsp3) is 0.571. The second-order valence-electron chi connectivity index (χ2n) is 8.12. The molecule has 1 aliphatic rings. The van der Waals surface area contributed by atoms with Crippen LogP contribution in [-0.4, -0.2) is 88.1 Å². The first-order valence-corrected chi connectivity index (χ1v) is 14.1. The molecule has 1 aromatic rings. The molecule has 0 unspecified atom stereocenters. The topological polar surface area (TPSA) is 147 Å². The van der Waals surface area contributed by atoms with E-state index in [0.717, 1.165) is 10.7 Å². The van der Waals surface area contributed by atoms with E-state index in [2.05, 4.69) is 5.32 Å². The predicted molar refractivity (Wildman–Crippen MR) is 125 cm³/mol. The Bertz CT molecular complexity index is 1100. The number of nitrogens with zero attached hydrogens (tertiary/aromatic N) is 2. The minimum Gasteiger partial charge on any atom is -0.455 e. The van der Waals surface area contributed by atoms with Gasteiger partial charge in [0.15, 0.2) is 16.4 Å². The van der Waals surface area contributed by atoms with E-state index in [1.54, 1.807) is 0 Å². The maximum atomic E-state index is 12.7. The molecule has 0 spiro atoms. The van der Waals surface area contributed by atoms with Gasteiger partial charge in [0.1, 0.15) is 6.54 Å². The number of nitrogens with one attached hydrogen (secondary N) is 1. The number of carbonyl (C=O) groups excluding carboxylic acids is 3. The number of benzene rings is 1. The third-order valence-electron chi connectivity index (χ3n) is 5.31. The van der Waals surface area contributed by atoms with E-state index in [4.69, 9.17) is 4.74 Å². The number of amides is 2. The zero-order valence-electron chi connectivity index (χ0n) is 19.5. The molecule has 1 N–H and O–H groups in total. The van der Waals surface area contributed by atoms with Crippen molar-refractivity contribution in [3.8, 4) is 0 Å². The van der Waals surface area contributed by atoms with Crippen LogP contribution < -0.4 is 5.32 Å². The van der Waals surface area contributed by atoms with Crippen LogP contribution in [0.1, 0.15) is 33.1 Å². The largest absolute Gasteiger partial charge is 0.455 e. The number of carbonyl (C=O) groups is 3. The second kappa shape index (κ2) is 11.8. The van der Waals surface area contributed by atoms with Gasteiger partial charge in [-0.1, -0.05) is 13.3 Å². The molecular formula is C21H31N3O8S2. The number of esters is 1. The number of sulfonamides is 1. The van der Waals surface area contributed by atoms with E-state index in [1.807, 2.05) is 6.92 Å². The predicted octanol–water partition coefficient (Wildman–Crippen LogP) is 0.625. The van der Waals surface area contributed by atoms with E-state index in [9.17, 15) is 31.2 Å². The zero-order chi connectivity index (χ0) is 25.5. The van der Waals surface area contributed by atoms with E-state index >= 15 is 0 Å². The third-order valence-corrected chi connectivity index (χ3v) is 8.88. The Hall–Kier alpha value is -2.51. The van der Waals surface area contributed by atoms with Crippen LogP contribution in [0, 0.1) is 0 Å². The van der Waals surface area contributed by atoms with Gasteiger partial charge >= 0.3 is 5.97 Å². The maximum Gasteiger partial charge on any atom is 0.321 e. The summed E-state index contributed by atoms with van der Waals surface area (Å²) in [6.45, 7) is 2.41. The zero-order valence-corrected chi connectivity index (χ0v) is 21.2. The summed E-state index contributed by atoms with van der Waals surface area (Å²) in [5, 5.41) is 2.53. The SMILES string of the molecule is CCCCN(C(=O)COC(=O)CN(C)S(=O)(=O)c1ccc(NC(C)=O)cc1)[C@H]1CCS(=O)(=O)C1. The molecule has 1 fully saturated rings. The molecule has 0 aromatic heterocycles. The molecule has 1 atom stereocenters. The molecule has 1 aliphatic heterocycles. The number of sulfone groups is 1. The van der Waals surface area contributed by atoms with Crippen LogP contribution in [0.15, 0.2) is 29.2 Å². The van der Waals surface area contributed by atoms with E-state index in [-0.39, 0.29) is 22.3 Å². The molecule has 2 rings (SSSR count). The quantitative estimate of drug-likeness (QED) is 0.420. The van der Waals surface area contributed by atoms with Crippen LogP contribution >= 0.6 is 0 Å². The van der Waals surface area contributed by atoms with Gasteiger partial charge in [-0.05, 0) is 37.1 Å². The highest BCUT2D eigenvalue weighted by molar-refractivity contribution is 7.91. The molecule has 0 radical (unpaired) electrons. The van der Waals surface area contributed by atoms with Gasteiger partial charge in [0.05, 0.1) is 16.4 Å². The number of rotatable bonds is 11. The summed E-state index contributed by atoms with van der Waals surface area (Å²) >= 11 is 0. The first kappa shape index (κ1) is 27.7. The molecule has 13 heteroatoms. The van der Waals surface area contributed by atoms with Crippen LogP contribution in [-0.2, 0) is 39.0 Å². The van der Waals surface area contributed by atoms with Gasteiger partial charge in [-0.3, -0.25) is 14.4 Å². The van der Waals surface area contributed by atoms with Gasteiger partial charge in [0, 0.05) is 32.2 Å². The van der Waals surface area contributed by atoms with Crippen LogP contribution in [0.5, 0.6) is 0 Å². The molecule has 11 nitrogen and oxygen atoms in total. The highest BCUT2D eigenvalue weighted by Crippen LogP contribution is 2.19. The molecular weight excluding hydrogens is 486 g/mol. The summed E-state index contributed by atoms with van der Waals surface area (Å²) in [4.78, 5) is 37.3. The molecule has 2 amide bonds. The Morgan fingerprint density at radius 2 is 1.82 bits per heavy atom. The van der Waals surface area contributed by atoms with Gasteiger partial charge in [0.2, 0.25) is 15.9 Å². The standard InChI is InChI=1S/C21H31N3O8S2/c1-4-5-11-24(18-10-12-33(28,29)15-18)20(26)14-32-21(27)13-23(3)34(30,31)19-8-6-17(7-9-19)22-16(2)25/h6-9,18H,4-5,10-15H2,1-3H3,(H,22,25)/t18-/m0/s1. The number of anilines is 1. The summed E-state index contributed by atoms with van der Waals surface area (Å²) in [5.74, 6) is -1.82. The van der Waals surface area contributed by atoms with Crippen molar-refractivity contribution >= 4 is 43.3 Å². The molecule has 1 heterocycles. The lowest BCUT2D eigenvalue weighted by molar-refractivity contribution is -0.152. The fourth-order valence-electron chi connectivity index (χ4n) is 3.49. The van der Waals surface area contributed by atoms with Crippen molar-refractivity contribution in [3.05, 3.63) is 24.3 Å². The Morgan fingerprint density at radius 3 is 2.35 bits per heavy atom. The van der Waals surface area contributed by atoms with E-state index < -0.39 is 50.9 Å². The fourth-order valence-corrected chi connectivity index (χ4v) is 6.34. The highest BCUT2D eigenvalue weighted by atomic mass is 32.2. The molecule has 190 valence electrons. The number of unbranched alkanes of at least 4 members (excludes halogenated alkanes) is 1. The molecule has 1 aromatic carbocycles. The summed E-state index contributed by atoms with van der Waals surface area (Å²) < 4.78 is 54.8. The van der Waals surface area contributed by atoms with Crippen LogP contribution in [0.25, 0.3) is 0 Å². The Balaban J connectivity index is 1.95. The van der Waals surface area contributed by atoms with Crippen molar-refractivity contribution in [1.29, 1.82) is 0 Å². The average Bonchev–Trinajstić information content (AvgIpc) is 3.11. The van der Waals surface area contributed by atoms with Gasteiger partial charge in [-0.15, -0.1) is 0 Å². The minimum absolute atomic E-state index is 0.0157. The van der Waals surface area contributed by atoms with Crippen LogP contribution in [0.4, 0.5) is 5.69 Å². The van der Waals surface area contributed by atoms with E-state index in [0.29, 0.717) is 25.1 Å². The average molecular weight is 518 g/mol. The van der Waals surface area contributed by atoms with Gasteiger partial charge in [-0.25, -0.2) is 16.8 Å². The Kier molecular flexibility index (Phi) is 9.59. The highest BCUT2D eigenvalue weighted by Gasteiger charge is 2.34. The third kappa shape index (κ3) is 7.77. The first-order valence-electron chi connectivity index (χ1n) is 10.8. The maximum absolute atomic E-state index is 12.7. The minimum atomic E-state index is -4.01. The van der Waals surface area contributed by atoms with Crippen molar-refractivity contribution in [2.45, 2.75) is 44.0 Å². The summed E-state index contributed by atoms with van der Waals surface area (Å²) in [7, 11) is -6.00. The van der Waals surface area contributed by atoms with Crippen molar-refractivity contribution in [2.75, 3.05) is 43.6 Å². The number of likely N-dealkylation sites (N-methyl/N-ethyl adjacent to an activating group) is 1. The molecule has 34 heavy (non-hydrogen) atoms. The van der Waals surface area contributed by atoms with Gasteiger partial charge < -0.3 is 15.0 Å². The second-order valence-corrected chi connectivity index (χ2v) is 12.4. The smallest absolute Gasteiger partial charge is 0.321 e. The first-order chi connectivity index (χ1) is 15.9. The van der Waals surface area contributed by atoms with Crippen molar-refractivity contribution in [2.24, 2.45) is 0 Å². The van der Waals surface area contributed by atoms with Gasteiger partial charge in [-0.2, -0.15) is 4.31 Å². The van der Waals surface area contributed by atoms with Crippen molar-refractivity contribution in [1.82, 2.24) is 9.21 Å². The lowest BCUT2D eigenvalue weighted by Gasteiger charge is -2.28. The van der Waals surface area contributed by atoms with Crippen molar-refractivity contribution in [3.63, 3.8) is 0 Å². The normalized spacial score (nSPS) is 17.4. The number of hydrogen-bond donors (Lipinski definition) is 1. The number of hydrogen-bond acceptors (Lipinski definition) is 8.